The van der Waals surface area contributed by atoms with Gasteiger partial charge in [0.2, 0.25) is 0 Å². The lowest BCUT2D eigenvalue weighted by atomic mass is 10.2. The van der Waals surface area contributed by atoms with Crippen LogP contribution in [0.1, 0.15) is 20.3 Å². The molecular weight excluding hydrogens is 228 g/mol. The second-order valence-corrected chi connectivity index (χ2v) is 3.68. The fraction of sp³-hybridized carbons (Fsp3) is 0.417. The molecule has 1 unspecified atom stereocenters. The zero-order valence-corrected chi connectivity index (χ0v) is 9.80. The maximum atomic E-state index is 13.3. The number of nitrogens with one attached hydrogen (secondary N) is 1. The highest BCUT2D eigenvalue weighted by atomic mass is 19.1. The van der Waals surface area contributed by atoms with E-state index in [-0.39, 0.29) is 24.1 Å². The summed E-state index contributed by atoms with van der Waals surface area (Å²) >= 11 is 0. The summed E-state index contributed by atoms with van der Waals surface area (Å²) in [6.07, 6.45) is 0.130. The molecule has 1 atom stereocenters. The maximum absolute atomic E-state index is 13.3. The molecule has 0 aliphatic rings. The first-order chi connectivity index (χ1) is 8.02. The van der Waals surface area contributed by atoms with Gasteiger partial charge in [0.15, 0.2) is 0 Å². The molecule has 1 N–H and O–H groups in total. The zero-order chi connectivity index (χ0) is 12.8. The summed E-state index contributed by atoms with van der Waals surface area (Å²) in [7, 11) is 0. The quantitative estimate of drug-likeness (QED) is 0.808. The highest BCUT2D eigenvalue weighted by Gasteiger charge is 2.11. The van der Waals surface area contributed by atoms with Crippen LogP contribution in [0, 0.1) is 11.6 Å². The van der Waals surface area contributed by atoms with Gasteiger partial charge in [-0.1, -0.05) is 0 Å². The predicted octanol–water partition coefficient (Wildman–Crippen LogP) is 2.72. The Balaban J connectivity index is 2.55. The van der Waals surface area contributed by atoms with E-state index < -0.39 is 11.6 Å². The number of benzene rings is 1. The number of carbonyl (C=O) groups is 1. The van der Waals surface area contributed by atoms with Gasteiger partial charge in [-0.25, -0.2) is 8.78 Å². The molecule has 0 saturated carbocycles. The standard InChI is InChI=1S/C12H15F2NO2/c1-3-17-12(16)6-8(2)15-11-5-4-9(13)7-10(11)14/h4-5,7-8,15H,3,6H2,1-2H3. The van der Waals surface area contributed by atoms with Crippen molar-refractivity contribution in [3.63, 3.8) is 0 Å². The van der Waals surface area contributed by atoms with Gasteiger partial charge in [0.1, 0.15) is 11.6 Å². The summed E-state index contributed by atoms with van der Waals surface area (Å²) in [4.78, 5) is 11.2. The fourth-order valence-corrected chi connectivity index (χ4v) is 1.39. The van der Waals surface area contributed by atoms with Crippen LogP contribution in [0.25, 0.3) is 0 Å². The minimum atomic E-state index is -0.680. The van der Waals surface area contributed by atoms with Crippen molar-refractivity contribution in [2.24, 2.45) is 0 Å². The lowest BCUT2D eigenvalue weighted by Crippen LogP contribution is -2.21. The van der Waals surface area contributed by atoms with Gasteiger partial charge in [0.05, 0.1) is 18.7 Å². The van der Waals surface area contributed by atoms with Gasteiger partial charge in [-0.3, -0.25) is 4.79 Å². The molecule has 1 aromatic rings. The molecule has 94 valence electrons. The van der Waals surface area contributed by atoms with E-state index in [1.165, 1.54) is 6.07 Å². The normalized spacial score (nSPS) is 12.0. The van der Waals surface area contributed by atoms with Crippen molar-refractivity contribution in [2.45, 2.75) is 26.3 Å². The molecule has 17 heavy (non-hydrogen) atoms. The van der Waals surface area contributed by atoms with Crippen LogP contribution in [-0.4, -0.2) is 18.6 Å². The van der Waals surface area contributed by atoms with Gasteiger partial charge in [-0.2, -0.15) is 0 Å². The van der Waals surface area contributed by atoms with Crippen LogP contribution in [-0.2, 0) is 9.53 Å². The SMILES string of the molecule is CCOC(=O)CC(C)Nc1ccc(F)cc1F. The zero-order valence-electron chi connectivity index (χ0n) is 9.80. The smallest absolute Gasteiger partial charge is 0.307 e. The largest absolute Gasteiger partial charge is 0.466 e. The Morgan fingerprint density at radius 1 is 1.47 bits per heavy atom. The molecule has 0 fully saturated rings. The monoisotopic (exact) mass is 243 g/mol. The summed E-state index contributed by atoms with van der Waals surface area (Å²) in [5, 5.41) is 2.78. The summed E-state index contributed by atoms with van der Waals surface area (Å²) < 4.78 is 30.7. The van der Waals surface area contributed by atoms with Crippen LogP contribution in [0.3, 0.4) is 0 Å². The Hall–Kier alpha value is -1.65. The highest BCUT2D eigenvalue weighted by molar-refractivity contribution is 5.70. The third-order valence-corrected chi connectivity index (χ3v) is 2.11. The first kappa shape index (κ1) is 13.4. The highest BCUT2D eigenvalue weighted by Crippen LogP contribution is 2.16. The number of rotatable bonds is 5. The van der Waals surface area contributed by atoms with Gasteiger partial charge in [0.25, 0.3) is 0 Å². The number of hydrogen-bond donors (Lipinski definition) is 1. The van der Waals surface area contributed by atoms with Crippen LogP contribution in [0.2, 0.25) is 0 Å². The van der Waals surface area contributed by atoms with Crippen LogP contribution in [0.4, 0.5) is 14.5 Å². The number of hydrogen-bond acceptors (Lipinski definition) is 3. The lowest BCUT2D eigenvalue weighted by molar-refractivity contribution is -0.143. The lowest BCUT2D eigenvalue weighted by Gasteiger charge is -2.14. The van der Waals surface area contributed by atoms with Crippen molar-refractivity contribution in [3.05, 3.63) is 29.8 Å². The molecule has 0 aliphatic carbocycles. The molecule has 1 aromatic carbocycles. The van der Waals surface area contributed by atoms with E-state index in [9.17, 15) is 13.6 Å². The van der Waals surface area contributed by atoms with Crippen LogP contribution in [0.5, 0.6) is 0 Å². The Morgan fingerprint density at radius 2 is 2.18 bits per heavy atom. The molecule has 0 aromatic heterocycles. The minimum Gasteiger partial charge on any atom is -0.466 e. The van der Waals surface area contributed by atoms with Crippen molar-refractivity contribution < 1.29 is 18.3 Å². The Kier molecular flexibility index (Phi) is 4.87. The van der Waals surface area contributed by atoms with E-state index in [1.807, 2.05) is 0 Å². The van der Waals surface area contributed by atoms with Gasteiger partial charge >= 0.3 is 5.97 Å². The minimum absolute atomic E-state index is 0.130. The predicted molar refractivity (Wildman–Crippen MR) is 60.7 cm³/mol. The van der Waals surface area contributed by atoms with Crippen molar-refractivity contribution in [2.75, 3.05) is 11.9 Å². The summed E-state index contributed by atoms with van der Waals surface area (Å²) in [5.41, 5.74) is 0.170. The molecular formula is C12H15F2NO2. The van der Waals surface area contributed by atoms with Gasteiger partial charge in [-0.15, -0.1) is 0 Å². The number of carbonyl (C=O) groups excluding carboxylic acids is 1. The van der Waals surface area contributed by atoms with Crippen LogP contribution in [0.15, 0.2) is 18.2 Å². The number of halogens is 2. The number of anilines is 1. The molecule has 0 heterocycles. The van der Waals surface area contributed by atoms with Crippen molar-refractivity contribution in [3.8, 4) is 0 Å². The first-order valence-corrected chi connectivity index (χ1v) is 5.40. The Bertz CT molecular complexity index is 396. The van der Waals surface area contributed by atoms with Gasteiger partial charge < -0.3 is 10.1 Å². The first-order valence-electron chi connectivity index (χ1n) is 5.40. The summed E-state index contributed by atoms with van der Waals surface area (Å²) in [6.45, 7) is 3.76. The van der Waals surface area contributed by atoms with E-state index in [4.69, 9.17) is 4.74 Å². The molecule has 0 bridgehead atoms. The second-order valence-electron chi connectivity index (χ2n) is 3.68. The molecule has 0 aliphatic heterocycles. The molecule has 1 rings (SSSR count). The van der Waals surface area contributed by atoms with Gasteiger partial charge in [-0.05, 0) is 26.0 Å². The van der Waals surface area contributed by atoms with Crippen molar-refractivity contribution >= 4 is 11.7 Å². The van der Waals surface area contributed by atoms with Crippen LogP contribution < -0.4 is 5.32 Å². The van der Waals surface area contributed by atoms with Crippen LogP contribution >= 0.6 is 0 Å². The third kappa shape index (κ3) is 4.38. The third-order valence-electron chi connectivity index (χ3n) is 2.11. The molecule has 0 spiro atoms. The average molecular weight is 243 g/mol. The Labute approximate surface area is 98.8 Å². The average Bonchev–Trinajstić information content (AvgIpc) is 2.22. The summed E-state index contributed by atoms with van der Waals surface area (Å²) in [5.74, 6) is -1.66. The topological polar surface area (TPSA) is 38.3 Å². The van der Waals surface area contributed by atoms with E-state index in [0.717, 1.165) is 12.1 Å². The number of esters is 1. The van der Waals surface area contributed by atoms with E-state index in [2.05, 4.69) is 5.32 Å². The maximum Gasteiger partial charge on any atom is 0.307 e. The molecule has 0 amide bonds. The van der Waals surface area contributed by atoms with Gasteiger partial charge in [0, 0.05) is 12.1 Å². The van der Waals surface area contributed by atoms with E-state index >= 15 is 0 Å². The molecule has 0 radical (unpaired) electrons. The molecule has 0 saturated heterocycles. The van der Waals surface area contributed by atoms with Crippen molar-refractivity contribution in [1.82, 2.24) is 0 Å². The Morgan fingerprint density at radius 3 is 2.76 bits per heavy atom. The molecule has 5 heteroatoms. The summed E-state index contributed by atoms with van der Waals surface area (Å²) in [6, 6.07) is 2.96. The fourth-order valence-electron chi connectivity index (χ4n) is 1.39. The molecule has 3 nitrogen and oxygen atoms in total. The van der Waals surface area contributed by atoms with E-state index in [1.54, 1.807) is 13.8 Å². The second kappa shape index (κ2) is 6.18. The van der Waals surface area contributed by atoms with Crippen molar-refractivity contribution in [1.29, 1.82) is 0 Å². The number of ether oxygens (including phenoxy) is 1. The van der Waals surface area contributed by atoms with E-state index in [0.29, 0.717) is 6.61 Å².